The van der Waals surface area contributed by atoms with Crippen LogP contribution in [0.3, 0.4) is 0 Å². The van der Waals surface area contributed by atoms with Crippen LogP contribution in [0.25, 0.3) is 16.6 Å². The molecule has 0 radical (unpaired) electrons. The number of nitrogens with one attached hydrogen (secondary N) is 1. The molecule has 37 heavy (non-hydrogen) atoms. The van der Waals surface area contributed by atoms with Crippen molar-refractivity contribution in [2.75, 3.05) is 5.32 Å². The Morgan fingerprint density at radius 3 is 2.49 bits per heavy atom. The van der Waals surface area contributed by atoms with Crippen molar-refractivity contribution in [3.8, 4) is 11.4 Å². The summed E-state index contributed by atoms with van der Waals surface area (Å²) >= 11 is 6.11. The summed E-state index contributed by atoms with van der Waals surface area (Å²) in [5.41, 5.74) is -3.49. The highest BCUT2D eigenvalue weighted by Crippen LogP contribution is 2.57. The summed E-state index contributed by atoms with van der Waals surface area (Å²) in [7, 11) is 0. The van der Waals surface area contributed by atoms with Crippen molar-refractivity contribution < 1.29 is 23.4 Å². The number of phenols is 1. The van der Waals surface area contributed by atoms with Crippen LogP contribution in [0.15, 0.2) is 66.0 Å². The zero-order chi connectivity index (χ0) is 26.8. The fourth-order valence-corrected chi connectivity index (χ4v) is 5.50. The van der Waals surface area contributed by atoms with E-state index < -0.39 is 29.7 Å². The van der Waals surface area contributed by atoms with E-state index in [4.69, 9.17) is 11.6 Å². The molecule has 2 unspecified atom stereocenters. The minimum Gasteiger partial charge on any atom is -0.506 e. The van der Waals surface area contributed by atoms with E-state index in [0.29, 0.717) is 16.6 Å². The maximum Gasteiger partial charge on any atom is 0.419 e. The zero-order valence-corrected chi connectivity index (χ0v) is 20.5. The number of aliphatic hydroxyl groups is 1. The molecule has 7 nitrogen and oxygen atoms in total. The van der Waals surface area contributed by atoms with E-state index in [1.807, 2.05) is 0 Å². The second kappa shape index (κ2) is 8.46. The van der Waals surface area contributed by atoms with E-state index in [0.717, 1.165) is 0 Å². The van der Waals surface area contributed by atoms with Gasteiger partial charge in [-0.2, -0.15) is 13.2 Å². The summed E-state index contributed by atoms with van der Waals surface area (Å²) in [6, 6.07) is 8.58. The number of rotatable bonds is 3. The first kappa shape index (κ1) is 25.0. The molecule has 0 amide bonds. The Morgan fingerprint density at radius 2 is 1.81 bits per heavy atom. The molecule has 192 valence electrons. The average Bonchev–Trinajstić information content (AvgIpc) is 2.83. The van der Waals surface area contributed by atoms with Gasteiger partial charge in [-0.3, -0.25) is 9.36 Å². The van der Waals surface area contributed by atoms with Crippen LogP contribution in [0.5, 0.6) is 5.75 Å². The van der Waals surface area contributed by atoms with Gasteiger partial charge in [-0.05, 0) is 41.7 Å². The highest BCUT2D eigenvalue weighted by Gasteiger charge is 2.64. The molecule has 0 fully saturated rings. The molecule has 2 aromatic carbocycles. The number of pyridine rings is 1. The van der Waals surface area contributed by atoms with Crippen molar-refractivity contribution >= 4 is 28.2 Å². The summed E-state index contributed by atoms with van der Waals surface area (Å²) in [4.78, 5) is 20.6. The van der Waals surface area contributed by atoms with Gasteiger partial charge in [-0.1, -0.05) is 37.6 Å². The molecule has 0 saturated heterocycles. The normalized spacial score (nSPS) is 21.0. The number of fused-ring (bicyclic) bond motifs is 2. The first-order valence-electron chi connectivity index (χ1n) is 11.3. The molecule has 2 aromatic heterocycles. The van der Waals surface area contributed by atoms with E-state index in [9.17, 15) is 28.2 Å². The SMILES string of the molecule is CC1(C)CC(O)(C(F)(F)F)C(Nc2cccc3c2ccc(=O)n3-c2cncnc2)c2ccc(Cl)c(O)c21. The Balaban J connectivity index is 1.74. The van der Waals surface area contributed by atoms with E-state index >= 15 is 0 Å². The molecule has 2 heterocycles. The van der Waals surface area contributed by atoms with E-state index in [2.05, 4.69) is 15.3 Å². The van der Waals surface area contributed by atoms with Crippen LogP contribution in [0.1, 0.15) is 37.4 Å². The molecule has 0 bridgehead atoms. The molecular formula is C26H22ClF3N4O3. The Morgan fingerprint density at radius 1 is 1.11 bits per heavy atom. The molecule has 0 aliphatic heterocycles. The van der Waals surface area contributed by atoms with Crippen LogP contribution in [-0.4, -0.2) is 36.5 Å². The van der Waals surface area contributed by atoms with Crippen molar-refractivity contribution in [3.63, 3.8) is 0 Å². The van der Waals surface area contributed by atoms with Gasteiger partial charge in [0, 0.05) is 22.7 Å². The number of halogens is 4. The molecule has 4 aromatic rings. The number of hydrogen-bond acceptors (Lipinski definition) is 6. The van der Waals surface area contributed by atoms with Gasteiger partial charge in [0.05, 0.1) is 34.7 Å². The number of anilines is 1. The fraction of sp³-hybridized carbons (Fsp3) is 0.269. The largest absolute Gasteiger partial charge is 0.506 e. The third-order valence-corrected chi connectivity index (χ3v) is 7.18. The lowest BCUT2D eigenvalue weighted by Crippen LogP contribution is -2.58. The van der Waals surface area contributed by atoms with Gasteiger partial charge in [0.2, 0.25) is 0 Å². The van der Waals surface area contributed by atoms with Crippen molar-refractivity contribution in [1.29, 1.82) is 0 Å². The Bertz CT molecular complexity index is 1570. The molecule has 5 rings (SSSR count). The Kier molecular flexibility index (Phi) is 5.72. The monoisotopic (exact) mass is 530 g/mol. The van der Waals surface area contributed by atoms with Gasteiger partial charge in [-0.15, -0.1) is 0 Å². The second-order valence-corrected chi connectivity index (χ2v) is 10.2. The summed E-state index contributed by atoms with van der Waals surface area (Å²) in [6.45, 7) is 3.04. The minimum absolute atomic E-state index is 0.00211. The standard InChI is InChI=1S/C26H22ClF3N4O3/c1-24(2)12-25(37,26(28,29)30)23(16-6-8-17(27)22(36)21(16)24)33-18-4-3-5-19-15(18)7-9-20(35)34(19)14-10-31-13-32-11-14/h3-11,13,23,33,36-37H,12H2,1-2H3. The number of aromatic hydroxyl groups is 1. The van der Waals surface area contributed by atoms with Crippen LogP contribution < -0.4 is 10.9 Å². The van der Waals surface area contributed by atoms with Gasteiger partial charge in [0.15, 0.2) is 5.60 Å². The predicted octanol–water partition coefficient (Wildman–Crippen LogP) is 5.27. The zero-order valence-electron chi connectivity index (χ0n) is 19.7. The number of nitrogens with zero attached hydrogens (tertiary/aromatic N) is 3. The van der Waals surface area contributed by atoms with Crippen LogP contribution >= 0.6 is 11.6 Å². The molecule has 1 aliphatic rings. The highest BCUT2D eigenvalue weighted by molar-refractivity contribution is 6.32. The maximum absolute atomic E-state index is 14.5. The number of phenolic OH excluding ortho intramolecular Hbond substituents is 1. The van der Waals surface area contributed by atoms with Crippen molar-refractivity contribution in [1.82, 2.24) is 14.5 Å². The molecule has 0 spiro atoms. The van der Waals surface area contributed by atoms with Crippen molar-refractivity contribution in [3.05, 3.63) is 87.7 Å². The third kappa shape index (κ3) is 3.91. The van der Waals surface area contributed by atoms with Crippen molar-refractivity contribution in [2.24, 2.45) is 0 Å². The van der Waals surface area contributed by atoms with E-state index in [-0.39, 0.29) is 33.1 Å². The lowest BCUT2D eigenvalue weighted by Gasteiger charge is -2.49. The lowest BCUT2D eigenvalue weighted by molar-refractivity contribution is -0.275. The Hall–Kier alpha value is -3.63. The van der Waals surface area contributed by atoms with Crippen LogP contribution in [-0.2, 0) is 5.41 Å². The molecule has 1 aliphatic carbocycles. The highest BCUT2D eigenvalue weighted by atomic mass is 35.5. The lowest BCUT2D eigenvalue weighted by atomic mass is 9.63. The number of benzene rings is 2. The quantitative estimate of drug-likeness (QED) is 0.334. The predicted molar refractivity (Wildman–Crippen MR) is 133 cm³/mol. The van der Waals surface area contributed by atoms with Gasteiger partial charge >= 0.3 is 6.18 Å². The topological polar surface area (TPSA) is 100 Å². The minimum atomic E-state index is -5.01. The third-order valence-electron chi connectivity index (χ3n) is 6.87. The molecule has 3 N–H and O–H groups in total. The van der Waals surface area contributed by atoms with Gasteiger partial charge in [0.25, 0.3) is 5.56 Å². The van der Waals surface area contributed by atoms with Crippen LogP contribution in [0.4, 0.5) is 18.9 Å². The van der Waals surface area contributed by atoms with Crippen LogP contribution in [0, 0.1) is 0 Å². The Labute approximate surface area is 214 Å². The molecule has 0 saturated carbocycles. The van der Waals surface area contributed by atoms with Gasteiger partial charge in [-0.25, -0.2) is 9.97 Å². The molecular weight excluding hydrogens is 509 g/mol. The summed E-state index contributed by atoms with van der Waals surface area (Å²) in [6.07, 6.45) is -1.53. The first-order chi connectivity index (χ1) is 17.3. The van der Waals surface area contributed by atoms with Gasteiger partial charge in [0.1, 0.15) is 12.1 Å². The summed E-state index contributed by atoms with van der Waals surface area (Å²) in [5, 5.41) is 25.3. The van der Waals surface area contributed by atoms with E-state index in [1.165, 1.54) is 61.4 Å². The number of aromatic nitrogens is 3. The maximum atomic E-state index is 14.5. The first-order valence-corrected chi connectivity index (χ1v) is 11.7. The molecule has 11 heteroatoms. The summed E-state index contributed by atoms with van der Waals surface area (Å²) < 4.78 is 44.9. The van der Waals surface area contributed by atoms with Crippen LogP contribution in [0.2, 0.25) is 5.02 Å². The van der Waals surface area contributed by atoms with Gasteiger partial charge < -0.3 is 15.5 Å². The average molecular weight is 531 g/mol. The smallest absolute Gasteiger partial charge is 0.419 e. The second-order valence-electron chi connectivity index (χ2n) is 9.76. The summed E-state index contributed by atoms with van der Waals surface area (Å²) in [5.74, 6) is -0.323. The number of alkyl halides is 3. The molecule has 2 atom stereocenters. The number of hydrogen-bond donors (Lipinski definition) is 3. The van der Waals surface area contributed by atoms with E-state index in [1.54, 1.807) is 18.2 Å². The van der Waals surface area contributed by atoms with Crippen molar-refractivity contribution in [2.45, 2.75) is 43.5 Å². The fourth-order valence-electron chi connectivity index (χ4n) is 5.34.